The molecule has 0 aliphatic carbocycles. The summed E-state index contributed by atoms with van der Waals surface area (Å²) in [5.74, 6) is 0.794. The fourth-order valence-electron chi connectivity index (χ4n) is 3.86. The highest BCUT2D eigenvalue weighted by atomic mass is 16.5. The van der Waals surface area contributed by atoms with E-state index in [4.69, 9.17) is 9.72 Å². The third-order valence-electron chi connectivity index (χ3n) is 5.34. The molecule has 0 unspecified atom stereocenters. The number of nitrogens with zero attached hydrogens (tertiary/aromatic N) is 4. The van der Waals surface area contributed by atoms with E-state index in [1.807, 2.05) is 12.1 Å². The minimum Gasteiger partial charge on any atom is -0.462 e. The molecule has 1 atom stereocenters. The lowest BCUT2D eigenvalue weighted by atomic mass is 10.1. The minimum absolute atomic E-state index is 0.154. The van der Waals surface area contributed by atoms with Gasteiger partial charge < -0.3 is 19.5 Å². The molecular weight excluding hydrogens is 382 g/mol. The summed E-state index contributed by atoms with van der Waals surface area (Å²) in [6.45, 7) is 6.24. The number of carbonyl (C=O) groups excluding carboxylic acids is 2. The molecular formula is C22H25N5O3. The molecule has 0 radical (unpaired) electrons. The van der Waals surface area contributed by atoms with Crippen LogP contribution in [0.4, 0.5) is 10.5 Å². The Labute approximate surface area is 174 Å². The molecule has 8 nitrogen and oxygen atoms in total. The second-order valence-corrected chi connectivity index (χ2v) is 7.22. The fourth-order valence-corrected chi connectivity index (χ4v) is 3.86. The minimum atomic E-state index is -0.369. The molecule has 2 aromatic heterocycles. The van der Waals surface area contributed by atoms with Gasteiger partial charge in [0.25, 0.3) is 0 Å². The summed E-state index contributed by atoms with van der Waals surface area (Å²) in [4.78, 5) is 35.5. The van der Waals surface area contributed by atoms with Crippen molar-refractivity contribution in [1.29, 1.82) is 0 Å². The van der Waals surface area contributed by atoms with Crippen molar-refractivity contribution in [1.82, 2.24) is 19.4 Å². The van der Waals surface area contributed by atoms with Crippen LogP contribution >= 0.6 is 0 Å². The highest BCUT2D eigenvalue weighted by Crippen LogP contribution is 2.29. The summed E-state index contributed by atoms with van der Waals surface area (Å²) in [7, 11) is 0. The number of benzene rings is 1. The second kappa shape index (κ2) is 8.52. The smallest absolute Gasteiger partial charge is 0.338 e. The van der Waals surface area contributed by atoms with Crippen molar-refractivity contribution in [2.45, 2.75) is 32.7 Å². The maximum atomic E-state index is 12.7. The maximum absolute atomic E-state index is 12.7. The Bertz CT molecular complexity index is 1060. The number of carbonyl (C=O) groups is 2. The van der Waals surface area contributed by atoms with Crippen LogP contribution in [0.2, 0.25) is 0 Å². The number of amides is 2. The van der Waals surface area contributed by atoms with Crippen LogP contribution in [0.15, 0.2) is 42.6 Å². The van der Waals surface area contributed by atoms with E-state index in [1.54, 1.807) is 42.3 Å². The average molecular weight is 407 g/mol. The standard InChI is InChI=1S/C22H25N5O3/c1-3-27-19(25-18-6-5-12-23-20(18)27)16-11-13-26(14-16)22(29)24-17-9-7-15(8-10-17)21(28)30-4-2/h5-10,12,16H,3-4,11,13-14H2,1-2H3,(H,24,29)/t16-/m0/s1. The first kappa shape index (κ1) is 19.9. The van der Waals surface area contributed by atoms with E-state index in [2.05, 4.69) is 21.8 Å². The summed E-state index contributed by atoms with van der Waals surface area (Å²) in [6.07, 6.45) is 2.64. The number of esters is 1. The van der Waals surface area contributed by atoms with E-state index in [9.17, 15) is 9.59 Å². The van der Waals surface area contributed by atoms with Crippen molar-refractivity contribution < 1.29 is 14.3 Å². The molecule has 3 heterocycles. The number of hydrogen-bond acceptors (Lipinski definition) is 5. The summed E-state index contributed by atoms with van der Waals surface area (Å²) < 4.78 is 7.11. The number of likely N-dealkylation sites (tertiary alicyclic amines) is 1. The van der Waals surface area contributed by atoms with Crippen LogP contribution in [0, 0.1) is 0 Å². The number of aryl methyl sites for hydroxylation is 1. The number of pyridine rings is 1. The molecule has 1 aliphatic rings. The third-order valence-corrected chi connectivity index (χ3v) is 5.34. The zero-order valence-corrected chi connectivity index (χ0v) is 17.2. The predicted octanol–water partition coefficient (Wildman–Crippen LogP) is 3.65. The number of imidazole rings is 1. The van der Waals surface area contributed by atoms with Crippen LogP contribution in [-0.4, -0.2) is 51.1 Å². The van der Waals surface area contributed by atoms with E-state index >= 15 is 0 Å². The number of nitrogens with one attached hydrogen (secondary N) is 1. The molecule has 0 saturated carbocycles. The molecule has 0 bridgehead atoms. The molecule has 0 spiro atoms. The van der Waals surface area contributed by atoms with Crippen LogP contribution < -0.4 is 5.32 Å². The van der Waals surface area contributed by atoms with Crippen molar-refractivity contribution in [3.63, 3.8) is 0 Å². The Morgan fingerprint density at radius 1 is 1.20 bits per heavy atom. The van der Waals surface area contributed by atoms with E-state index in [-0.39, 0.29) is 17.9 Å². The Morgan fingerprint density at radius 2 is 2.00 bits per heavy atom. The van der Waals surface area contributed by atoms with Crippen LogP contribution in [0.3, 0.4) is 0 Å². The van der Waals surface area contributed by atoms with Gasteiger partial charge in [-0.3, -0.25) is 0 Å². The maximum Gasteiger partial charge on any atom is 0.338 e. The average Bonchev–Trinajstić information content (AvgIpc) is 3.39. The third kappa shape index (κ3) is 3.85. The molecule has 1 saturated heterocycles. The highest BCUT2D eigenvalue weighted by molar-refractivity contribution is 5.92. The molecule has 8 heteroatoms. The van der Waals surface area contributed by atoms with E-state index in [1.165, 1.54) is 0 Å². The lowest BCUT2D eigenvalue weighted by molar-refractivity contribution is 0.0526. The van der Waals surface area contributed by atoms with Crippen LogP contribution in [0.25, 0.3) is 11.2 Å². The van der Waals surface area contributed by atoms with Gasteiger partial charge in [-0.25, -0.2) is 19.6 Å². The quantitative estimate of drug-likeness (QED) is 0.652. The zero-order valence-electron chi connectivity index (χ0n) is 17.2. The number of hydrogen-bond donors (Lipinski definition) is 1. The Morgan fingerprint density at radius 3 is 2.73 bits per heavy atom. The van der Waals surface area contributed by atoms with Crippen molar-refractivity contribution in [2.24, 2.45) is 0 Å². The van der Waals surface area contributed by atoms with Gasteiger partial charge in [0.1, 0.15) is 11.3 Å². The van der Waals surface area contributed by atoms with Gasteiger partial charge in [0.2, 0.25) is 0 Å². The topological polar surface area (TPSA) is 89.3 Å². The predicted molar refractivity (Wildman–Crippen MR) is 114 cm³/mol. The van der Waals surface area contributed by atoms with Gasteiger partial charge in [-0.05, 0) is 56.7 Å². The summed E-state index contributed by atoms with van der Waals surface area (Å²) >= 11 is 0. The molecule has 1 aliphatic heterocycles. The molecule has 1 fully saturated rings. The van der Waals surface area contributed by atoms with Crippen molar-refractivity contribution in [2.75, 3.05) is 25.0 Å². The van der Waals surface area contributed by atoms with Gasteiger partial charge in [0.15, 0.2) is 5.65 Å². The van der Waals surface area contributed by atoms with Crippen molar-refractivity contribution >= 4 is 28.9 Å². The van der Waals surface area contributed by atoms with Gasteiger partial charge >= 0.3 is 12.0 Å². The highest BCUT2D eigenvalue weighted by Gasteiger charge is 2.31. The number of urea groups is 1. The number of ether oxygens (including phenoxy) is 1. The molecule has 1 aromatic carbocycles. The van der Waals surface area contributed by atoms with Crippen LogP contribution in [0.5, 0.6) is 0 Å². The first-order valence-corrected chi connectivity index (χ1v) is 10.2. The summed E-state index contributed by atoms with van der Waals surface area (Å²) in [5.41, 5.74) is 2.88. The zero-order chi connectivity index (χ0) is 21.1. The van der Waals surface area contributed by atoms with Crippen molar-refractivity contribution in [3.8, 4) is 0 Å². The van der Waals surface area contributed by atoms with E-state index < -0.39 is 0 Å². The molecule has 156 valence electrons. The molecule has 3 aromatic rings. The van der Waals surface area contributed by atoms with Crippen molar-refractivity contribution in [3.05, 3.63) is 54.0 Å². The Kier molecular flexibility index (Phi) is 5.65. The summed E-state index contributed by atoms with van der Waals surface area (Å²) in [6, 6.07) is 10.4. The second-order valence-electron chi connectivity index (χ2n) is 7.22. The first-order valence-electron chi connectivity index (χ1n) is 10.2. The molecule has 2 amide bonds. The number of fused-ring (bicyclic) bond motifs is 1. The van der Waals surface area contributed by atoms with Gasteiger partial charge in [0, 0.05) is 37.4 Å². The van der Waals surface area contributed by atoms with Crippen LogP contribution in [0.1, 0.15) is 42.4 Å². The lowest BCUT2D eigenvalue weighted by Gasteiger charge is -2.18. The Hall–Kier alpha value is -3.42. The number of anilines is 1. The largest absolute Gasteiger partial charge is 0.462 e. The van der Waals surface area contributed by atoms with E-state index in [0.29, 0.717) is 30.9 Å². The van der Waals surface area contributed by atoms with Crippen LogP contribution in [-0.2, 0) is 11.3 Å². The fraction of sp³-hybridized carbons (Fsp3) is 0.364. The molecule has 30 heavy (non-hydrogen) atoms. The van der Waals surface area contributed by atoms with Gasteiger partial charge in [-0.1, -0.05) is 0 Å². The SMILES string of the molecule is CCOC(=O)c1ccc(NC(=O)N2CC[C@H](c3nc4cccnc4n3CC)C2)cc1. The Balaban J connectivity index is 1.42. The van der Waals surface area contributed by atoms with Gasteiger partial charge in [-0.2, -0.15) is 0 Å². The monoisotopic (exact) mass is 407 g/mol. The van der Waals surface area contributed by atoms with Gasteiger partial charge in [0.05, 0.1) is 12.2 Å². The van der Waals surface area contributed by atoms with E-state index in [0.717, 1.165) is 30.0 Å². The normalized spacial score (nSPS) is 16.1. The molecule has 1 N–H and O–H groups in total. The lowest BCUT2D eigenvalue weighted by Crippen LogP contribution is -2.33. The molecule has 4 rings (SSSR count). The first-order chi connectivity index (χ1) is 14.6. The van der Waals surface area contributed by atoms with Gasteiger partial charge in [-0.15, -0.1) is 0 Å². The number of aromatic nitrogens is 3. The number of rotatable bonds is 5. The summed E-state index contributed by atoms with van der Waals surface area (Å²) in [5, 5.41) is 2.90.